The number of amides is 1. The number of hydrogen-bond donors (Lipinski definition) is 2. The topological polar surface area (TPSA) is 84.9 Å². The largest absolute Gasteiger partial charge is 0.480 e. The van der Waals surface area contributed by atoms with E-state index in [0.29, 0.717) is 6.61 Å². The van der Waals surface area contributed by atoms with Crippen molar-refractivity contribution in [2.24, 2.45) is 0 Å². The molecule has 0 aliphatic carbocycles. The predicted octanol–water partition coefficient (Wildman–Crippen LogP) is 1.78. The summed E-state index contributed by atoms with van der Waals surface area (Å²) in [6.45, 7) is 9.23. The summed E-state index contributed by atoms with van der Waals surface area (Å²) in [7, 11) is 0. The third kappa shape index (κ3) is 7.89. The smallest absolute Gasteiger partial charge is 0.408 e. The number of carboxylic acid groups (broad SMARTS) is 1. The van der Waals surface area contributed by atoms with E-state index in [-0.39, 0.29) is 12.5 Å². The molecule has 0 aliphatic rings. The van der Waals surface area contributed by atoms with Gasteiger partial charge in [-0.25, -0.2) is 9.59 Å². The second-order valence-corrected chi connectivity index (χ2v) is 5.04. The van der Waals surface area contributed by atoms with Crippen LogP contribution < -0.4 is 5.32 Å². The van der Waals surface area contributed by atoms with E-state index in [2.05, 4.69) is 5.32 Å². The highest BCUT2D eigenvalue weighted by atomic mass is 16.6. The number of rotatable bonds is 6. The SMILES string of the molecule is CCO[C@@H](C)C[C@H](NC(=O)OC(C)(C)C)C(=O)O. The Balaban J connectivity index is 4.36. The molecule has 0 saturated heterocycles. The molecule has 0 saturated carbocycles. The molecule has 0 bridgehead atoms. The van der Waals surface area contributed by atoms with Crippen LogP contribution in [0.25, 0.3) is 0 Å². The molecule has 1 amide bonds. The number of carbonyl (C=O) groups is 2. The van der Waals surface area contributed by atoms with E-state index in [1.807, 2.05) is 6.92 Å². The van der Waals surface area contributed by atoms with E-state index >= 15 is 0 Å². The van der Waals surface area contributed by atoms with Gasteiger partial charge in [-0.05, 0) is 34.6 Å². The van der Waals surface area contributed by atoms with Crippen molar-refractivity contribution >= 4 is 12.1 Å². The first-order valence-electron chi connectivity index (χ1n) is 5.99. The number of carbonyl (C=O) groups excluding carboxylic acids is 1. The van der Waals surface area contributed by atoms with Crippen LogP contribution in [0.4, 0.5) is 4.79 Å². The lowest BCUT2D eigenvalue weighted by atomic mass is 10.1. The molecular formula is C12H23NO5. The third-order valence-electron chi connectivity index (χ3n) is 2.01. The summed E-state index contributed by atoms with van der Waals surface area (Å²) in [5.74, 6) is -1.10. The molecule has 18 heavy (non-hydrogen) atoms. The van der Waals surface area contributed by atoms with E-state index in [1.54, 1.807) is 27.7 Å². The molecule has 0 rings (SSSR count). The summed E-state index contributed by atoms with van der Waals surface area (Å²) in [5, 5.41) is 11.3. The summed E-state index contributed by atoms with van der Waals surface area (Å²) in [6.07, 6.45) is -0.785. The summed E-state index contributed by atoms with van der Waals surface area (Å²) < 4.78 is 10.3. The van der Waals surface area contributed by atoms with Gasteiger partial charge >= 0.3 is 12.1 Å². The summed E-state index contributed by atoms with van der Waals surface area (Å²) >= 11 is 0. The molecule has 0 fully saturated rings. The van der Waals surface area contributed by atoms with Gasteiger partial charge in [0, 0.05) is 13.0 Å². The van der Waals surface area contributed by atoms with E-state index in [0.717, 1.165) is 0 Å². The first kappa shape index (κ1) is 16.7. The minimum absolute atomic E-state index is 0.197. The number of nitrogens with one attached hydrogen (secondary N) is 1. The van der Waals surface area contributed by atoms with Crippen LogP contribution in [-0.2, 0) is 14.3 Å². The fourth-order valence-corrected chi connectivity index (χ4v) is 1.36. The molecule has 6 nitrogen and oxygen atoms in total. The van der Waals surface area contributed by atoms with Crippen molar-refractivity contribution in [2.45, 2.75) is 58.8 Å². The Hall–Kier alpha value is -1.30. The molecule has 0 aliphatic heterocycles. The van der Waals surface area contributed by atoms with Crippen LogP contribution in [-0.4, -0.2) is 41.5 Å². The zero-order valence-electron chi connectivity index (χ0n) is 11.6. The first-order chi connectivity index (χ1) is 8.15. The van der Waals surface area contributed by atoms with Gasteiger partial charge in [0.1, 0.15) is 11.6 Å². The minimum atomic E-state index is -1.10. The standard InChI is InChI=1S/C12H23NO5/c1-6-17-8(2)7-9(10(14)15)13-11(16)18-12(3,4)5/h8-9H,6-7H2,1-5H3,(H,13,16)(H,14,15)/t8-,9-/m0/s1. The third-order valence-corrected chi connectivity index (χ3v) is 2.01. The van der Waals surface area contributed by atoms with Gasteiger partial charge in [-0.3, -0.25) is 0 Å². The highest BCUT2D eigenvalue weighted by Crippen LogP contribution is 2.08. The Kier molecular flexibility index (Phi) is 6.68. The lowest BCUT2D eigenvalue weighted by Crippen LogP contribution is -2.45. The molecule has 0 radical (unpaired) electrons. The van der Waals surface area contributed by atoms with Gasteiger partial charge in [0.2, 0.25) is 0 Å². The number of carboxylic acids is 1. The molecule has 6 heteroatoms. The molecule has 0 aromatic rings. The second-order valence-electron chi connectivity index (χ2n) is 5.04. The Labute approximate surface area is 108 Å². The summed E-state index contributed by atoms with van der Waals surface area (Å²) in [6, 6.07) is -1.01. The minimum Gasteiger partial charge on any atom is -0.480 e. The van der Waals surface area contributed by atoms with E-state index in [1.165, 1.54) is 0 Å². The van der Waals surface area contributed by atoms with Crippen molar-refractivity contribution in [2.75, 3.05) is 6.61 Å². The Morgan fingerprint density at radius 1 is 1.33 bits per heavy atom. The molecule has 0 aromatic carbocycles. The highest BCUT2D eigenvalue weighted by molar-refractivity contribution is 5.80. The molecular weight excluding hydrogens is 238 g/mol. The number of hydrogen-bond acceptors (Lipinski definition) is 4. The van der Waals surface area contributed by atoms with Crippen LogP contribution in [0.3, 0.4) is 0 Å². The summed E-state index contributed by atoms with van der Waals surface area (Å²) in [4.78, 5) is 22.5. The van der Waals surface area contributed by atoms with Crippen molar-refractivity contribution in [3.05, 3.63) is 0 Å². The quantitative estimate of drug-likeness (QED) is 0.761. The lowest BCUT2D eigenvalue weighted by Gasteiger charge is -2.23. The average molecular weight is 261 g/mol. The Morgan fingerprint density at radius 3 is 2.28 bits per heavy atom. The van der Waals surface area contributed by atoms with Crippen molar-refractivity contribution < 1.29 is 24.2 Å². The monoisotopic (exact) mass is 261 g/mol. The van der Waals surface area contributed by atoms with E-state index in [4.69, 9.17) is 14.6 Å². The fourth-order valence-electron chi connectivity index (χ4n) is 1.36. The Bertz CT molecular complexity index is 285. The molecule has 2 N–H and O–H groups in total. The van der Waals surface area contributed by atoms with Crippen LogP contribution in [0, 0.1) is 0 Å². The van der Waals surface area contributed by atoms with E-state index < -0.39 is 23.7 Å². The molecule has 0 spiro atoms. The van der Waals surface area contributed by atoms with Crippen LogP contribution in [0.1, 0.15) is 41.0 Å². The van der Waals surface area contributed by atoms with Gasteiger partial charge in [-0.1, -0.05) is 0 Å². The van der Waals surface area contributed by atoms with Gasteiger partial charge in [0.25, 0.3) is 0 Å². The Morgan fingerprint density at radius 2 is 1.89 bits per heavy atom. The predicted molar refractivity (Wildman–Crippen MR) is 66.5 cm³/mol. The van der Waals surface area contributed by atoms with Gasteiger partial charge in [0.15, 0.2) is 0 Å². The second kappa shape index (κ2) is 7.20. The van der Waals surface area contributed by atoms with Crippen LogP contribution in [0.5, 0.6) is 0 Å². The lowest BCUT2D eigenvalue weighted by molar-refractivity contribution is -0.140. The van der Waals surface area contributed by atoms with Crippen LogP contribution >= 0.6 is 0 Å². The van der Waals surface area contributed by atoms with Gasteiger partial charge in [-0.2, -0.15) is 0 Å². The number of aliphatic carboxylic acids is 1. The highest BCUT2D eigenvalue weighted by Gasteiger charge is 2.25. The van der Waals surface area contributed by atoms with Crippen molar-refractivity contribution in [1.29, 1.82) is 0 Å². The normalized spacial score (nSPS) is 14.7. The van der Waals surface area contributed by atoms with Gasteiger partial charge in [0.05, 0.1) is 6.10 Å². The van der Waals surface area contributed by atoms with Crippen molar-refractivity contribution in [3.63, 3.8) is 0 Å². The molecule has 2 atom stereocenters. The van der Waals surface area contributed by atoms with Crippen LogP contribution in [0.2, 0.25) is 0 Å². The number of ether oxygens (including phenoxy) is 2. The van der Waals surface area contributed by atoms with Gasteiger partial charge < -0.3 is 19.9 Å². The fraction of sp³-hybridized carbons (Fsp3) is 0.833. The summed E-state index contributed by atoms with van der Waals surface area (Å²) in [5.41, 5.74) is -0.654. The maximum absolute atomic E-state index is 11.5. The number of alkyl carbamates (subject to hydrolysis) is 1. The molecule has 0 aromatic heterocycles. The van der Waals surface area contributed by atoms with Crippen LogP contribution in [0.15, 0.2) is 0 Å². The zero-order valence-corrected chi connectivity index (χ0v) is 11.6. The maximum Gasteiger partial charge on any atom is 0.408 e. The molecule has 106 valence electrons. The zero-order chi connectivity index (χ0) is 14.3. The molecule has 0 unspecified atom stereocenters. The maximum atomic E-state index is 11.5. The average Bonchev–Trinajstić information content (AvgIpc) is 2.13. The van der Waals surface area contributed by atoms with Crippen molar-refractivity contribution in [3.8, 4) is 0 Å². The van der Waals surface area contributed by atoms with E-state index in [9.17, 15) is 9.59 Å². The van der Waals surface area contributed by atoms with Crippen molar-refractivity contribution in [1.82, 2.24) is 5.32 Å². The van der Waals surface area contributed by atoms with Gasteiger partial charge in [-0.15, -0.1) is 0 Å². The first-order valence-corrected chi connectivity index (χ1v) is 5.99. The molecule has 0 heterocycles.